The van der Waals surface area contributed by atoms with Gasteiger partial charge in [0.05, 0.1) is 9.80 Å². The van der Waals surface area contributed by atoms with Crippen molar-refractivity contribution in [3.05, 3.63) is 61.3 Å². The molecule has 0 saturated heterocycles. The summed E-state index contributed by atoms with van der Waals surface area (Å²) in [6.07, 6.45) is 0.827. The van der Waals surface area contributed by atoms with Crippen LogP contribution >= 0.6 is 11.3 Å². The van der Waals surface area contributed by atoms with Gasteiger partial charge < -0.3 is 4.74 Å². The molecule has 6 nitrogen and oxygen atoms in total. The summed E-state index contributed by atoms with van der Waals surface area (Å²) in [6.45, 7) is 3.13. The van der Waals surface area contributed by atoms with Gasteiger partial charge in [-0.15, -0.1) is 11.3 Å². The zero-order valence-corrected chi connectivity index (χ0v) is 13.5. The second-order valence-corrected chi connectivity index (χ2v) is 6.01. The number of nitro groups is 1. The van der Waals surface area contributed by atoms with Crippen molar-refractivity contribution in [3.63, 3.8) is 0 Å². The van der Waals surface area contributed by atoms with E-state index in [9.17, 15) is 19.7 Å². The van der Waals surface area contributed by atoms with Crippen molar-refractivity contribution < 1.29 is 19.2 Å². The first-order valence-electron chi connectivity index (χ1n) is 6.97. The van der Waals surface area contributed by atoms with Gasteiger partial charge in [0.2, 0.25) is 5.78 Å². The Morgan fingerprint density at radius 1 is 1.26 bits per heavy atom. The third-order valence-electron chi connectivity index (χ3n) is 3.27. The smallest absolute Gasteiger partial charge is 0.345 e. The Hall–Kier alpha value is -2.54. The first-order chi connectivity index (χ1) is 10.9. The van der Waals surface area contributed by atoms with Gasteiger partial charge in [-0.3, -0.25) is 14.9 Å². The SMILES string of the molecule is CCc1ccc(C(=O)COC(=O)c2c(C)cccc2[N+](=O)[O-])s1. The molecule has 0 bridgehead atoms. The number of ketones is 1. The number of thiophene rings is 1. The predicted octanol–water partition coefficient (Wildman–Crippen LogP) is 3.57. The molecule has 0 radical (unpaired) electrons. The molecule has 0 spiro atoms. The van der Waals surface area contributed by atoms with Crippen LogP contribution in [0.15, 0.2) is 30.3 Å². The number of rotatable bonds is 6. The standard InChI is InChI=1S/C16H15NO5S/c1-3-11-7-8-14(23-11)13(18)9-22-16(19)15-10(2)5-4-6-12(15)17(20)21/h4-8H,3,9H2,1-2H3. The number of hydrogen-bond donors (Lipinski definition) is 0. The first-order valence-corrected chi connectivity index (χ1v) is 7.78. The quantitative estimate of drug-likeness (QED) is 0.349. The number of benzene rings is 1. The molecule has 1 heterocycles. The summed E-state index contributed by atoms with van der Waals surface area (Å²) in [4.78, 5) is 36.1. The normalized spacial score (nSPS) is 10.3. The lowest BCUT2D eigenvalue weighted by Crippen LogP contribution is -2.15. The van der Waals surface area contributed by atoms with E-state index in [2.05, 4.69) is 0 Å². The molecule has 0 aliphatic carbocycles. The van der Waals surface area contributed by atoms with Crippen LogP contribution in [0.2, 0.25) is 0 Å². The third kappa shape index (κ3) is 3.81. The topological polar surface area (TPSA) is 86.5 Å². The number of esters is 1. The average molecular weight is 333 g/mol. The molecule has 23 heavy (non-hydrogen) atoms. The highest BCUT2D eigenvalue weighted by Gasteiger charge is 2.24. The Bertz CT molecular complexity index is 766. The average Bonchev–Trinajstić information content (AvgIpc) is 3.01. The Labute approximate surface area is 136 Å². The van der Waals surface area contributed by atoms with Gasteiger partial charge in [0, 0.05) is 10.9 Å². The van der Waals surface area contributed by atoms with Crippen LogP contribution in [0.4, 0.5) is 5.69 Å². The number of aryl methyl sites for hydroxylation is 2. The van der Waals surface area contributed by atoms with Gasteiger partial charge in [-0.1, -0.05) is 19.1 Å². The van der Waals surface area contributed by atoms with E-state index in [1.165, 1.54) is 23.5 Å². The van der Waals surface area contributed by atoms with Gasteiger partial charge in [-0.25, -0.2) is 4.79 Å². The number of carbonyl (C=O) groups is 2. The highest BCUT2D eigenvalue weighted by atomic mass is 32.1. The van der Waals surface area contributed by atoms with E-state index >= 15 is 0 Å². The molecule has 7 heteroatoms. The zero-order valence-electron chi connectivity index (χ0n) is 12.7. The number of hydrogen-bond acceptors (Lipinski definition) is 6. The van der Waals surface area contributed by atoms with Crippen molar-refractivity contribution in [1.82, 2.24) is 0 Å². The molecule has 0 fully saturated rings. The summed E-state index contributed by atoms with van der Waals surface area (Å²) < 4.78 is 4.97. The van der Waals surface area contributed by atoms with Gasteiger partial charge >= 0.3 is 5.97 Å². The molecular weight excluding hydrogens is 318 g/mol. The largest absolute Gasteiger partial charge is 0.453 e. The maximum Gasteiger partial charge on any atom is 0.345 e. The van der Waals surface area contributed by atoms with E-state index in [0.717, 1.165) is 11.3 Å². The predicted molar refractivity (Wildman–Crippen MR) is 86.1 cm³/mol. The van der Waals surface area contributed by atoms with Crippen molar-refractivity contribution in [1.29, 1.82) is 0 Å². The summed E-state index contributed by atoms with van der Waals surface area (Å²) in [5.74, 6) is -1.19. The lowest BCUT2D eigenvalue weighted by Gasteiger charge is -2.06. The highest BCUT2D eigenvalue weighted by molar-refractivity contribution is 7.14. The van der Waals surface area contributed by atoms with Gasteiger partial charge in [0.1, 0.15) is 5.56 Å². The van der Waals surface area contributed by atoms with Crippen LogP contribution < -0.4 is 0 Å². The summed E-state index contributed by atoms with van der Waals surface area (Å²) >= 11 is 1.35. The Kier molecular flexibility index (Phi) is 5.23. The monoisotopic (exact) mass is 333 g/mol. The summed E-state index contributed by atoms with van der Waals surface area (Å²) in [5.41, 5.74) is -0.0152. The van der Waals surface area contributed by atoms with E-state index in [0.29, 0.717) is 10.4 Å². The molecule has 0 atom stereocenters. The van der Waals surface area contributed by atoms with Crippen LogP contribution in [0.25, 0.3) is 0 Å². The molecule has 1 aromatic carbocycles. The second-order valence-electron chi connectivity index (χ2n) is 4.84. The number of ether oxygens (including phenoxy) is 1. The number of carbonyl (C=O) groups excluding carboxylic acids is 2. The van der Waals surface area contributed by atoms with Gasteiger partial charge in [0.25, 0.3) is 5.69 Å². The van der Waals surface area contributed by atoms with Crippen molar-refractivity contribution in [2.24, 2.45) is 0 Å². The van der Waals surface area contributed by atoms with Crippen LogP contribution in [0.5, 0.6) is 0 Å². The summed E-state index contributed by atoms with van der Waals surface area (Å²) in [6, 6.07) is 7.85. The minimum Gasteiger partial charge on any atom is -0.453 e. The van der Waals surface area contributed by atoms with Gasteiger partial charge in [-0.05, 0) is 31.0 Å². The second kappa shape index (κ2) is 7.15. The molecule has 2 rings (SSSR count). The minimum atomic E-state index is -0.865. The molecule has 120 valence electrons. The van der Waals surface area contributed by atoms with Crippen LogP contribution in [0.3, 0.4) is 0 Å². The fourth-order valence-corrected chi connectivity index (χ4v) is 2.93. The lowest BCUT2D eigenvalue weighted by atomic mass is 10.1. The number of Topliss-reactive ketones (excluding diaryl/α,β-unsaturated/α-hetero) is 1. The summed E-state index contributed by atoms with van der Waals surface area (Å²) in [7, 11) is 0. The highest BCUT2D eigenvalue weighted by Crippen LogP contribution is 2.23. The molecule has 1 aromatic heterocycles. The molecular formula is C16H15NO5S. The van der Waals surface area contributed by atoms with Gasteiger partial charge in [-0.2, -0.15) is 0 Å². The van der Waals surface area contributed by atoms with E-state index in [-0.39, 0.29) is 17.0 Å². The molecule has 0 saturated carbocycles. The Balaban J connectivity index is 2.11. The fourth-order valence-electron chi connectivity index (χ4n) is 2.06. The molecule has 0 amide bonds. The van der Waals surface area contributed by atoms with Crippen LogP contribution in [-0.4, -0.2) is 23.3 Å². The molecule has 2 aromatic rings. The number of nitrogens with zero attached hydrogens (tertiary/aromatic N) is 1. The van der Waals surface area contributed by atoms with Crippen molar-refractivity contribution >= 4 is 28.8 Å². The molecule has 0 aliphatic heterocycles. The van der Waals surface area contributed by atoms with Crippen molar-refractivity contribution in [3.8, 4) is 0 Å². The van der Waals surface area contributed by atoms with E-state index in [1.54, 1.807) is 19.1 Å². The van der Waals surface area contributed by atoms with E-state index < -0.39 is 17.5 Å². The van der Waals surface area contributed by atoms with Crippen LogP contribution in [0, 0.1) is 17.0 Å². The van der Waals surface area contributed by atoms with E-state index in [4.69, 9.17) is 4.74 Å². The summed E-state index contributed by atoms with van der Waals surface area (Å²) in [5, 5.41) is 11.0. The number of nitro benzene ring substituents is 1. The van der Waals surface area contributed by atoms with Crippen molar-refractivity contribution in [2.45, 2.75) is 20.3 Å². The van der Waals surface area contributed by atoms with Crippen molar-refractivity contribution in [2.75, 3.05) is 6.61 Å². The Morgan fingerprint density at radius 3 is 2.61 bits per heavy atom. The fraction of sp³-hybridized carbons (Fsp3) is 0.250. The maximum absolute atomic E-state index is 12.1. The molecule has 0 N–H and O–H groups in total. The lowest BCUT2D eigenvalue weighted by molar-refractivity contribution is -0.385. The third-order valence-corrected chi connectivity index (χ3v) is 4.54. The van der Waals surface area contributed by atoms with Gasteiger partial charge in [0.15, 0.2) is 6.61 Å². The first kappa shape index (κ1) is 16.8. The van der Waals surface area contributed by atoms with Crippen LogP contribution in [-0.2, 0) is 11.2 Å². The minimum absolute atomic E-state index is 0.120. The maximum atomic E-state index is 12.1. The zero-order chi connectivity index (χ0) is 17.0. The van der Waals surface area contributed by atoms with Crippen LogP contribution in [0.1, 0.15) is 37.4 Å². The molecule has 0 aliphatic rings. The Morgan fingerprint density at radius 2 is 2.00 bits per heavy atom. The molecule has 0 unspecified atom stereocenters. The van der Waals surface area contributed by atoms with E-state index in [1.807, 2.05) is 13.0 Å².